The van der Waals surface area contributed by atoms with Gasteiger partial charge in [-0.15, -0.1) is 0 Å². The molecule has 4 nitrogen and oxygen atoms in total. The first-order chi connectivity index (χ1) is 13.0. The van der Waals surface area contributed by atoms with Crippen LogP contribution in [-0.4, -0.2) is 17.1 Å². The minimum atomic E-state index is 0.338. The molecule has 0 amide bonds. The molecule has 0 radical (unpaired) electrons. The molecule has 0 saturated heterocycles. The number of pyridine rings is 2. The van der Waals surface area contributed by atoms with Crippen molar-refractivity contribution in [1.29, 1.82) is 0 Å². The Bertz CT molecular complexity index is 1120. The highest BCUT2D eigenvalue weighted by molar-refractivity contribution is 6.08. The summed E-state index contributed by atoms with van der Waals surface area (Å²) in [5.74, 6) is 1.70. The first-order valence-corrected chi connectivity index (χ1v) is 9.13. The average Bonchev–Trinajstić information content (AvgIpc) is 2.68. The Balaban J connectivity index is 1.74. The van der Waals surface area contributed by atoms with Crippen molar-refractivity contribution in [2.75, 3.05) is 12.8 Å². The Morgan fingerprint density at radius 3 is 2.56 bits per heavy atom. The van der Waals surface area contributed by atoms with Gasteiger partial charge in [0.25, 0.3) is 0 Å². The smallest absolute Gasteiger partial charge is 0.150 e. The molecule has 136 valence electrons. The van der Waals surface area contributed by atoms with E-state index in [-0.39, 0.29) is 0 Å². The molecule has 0 spiro atoms. The van der Waals surface area contributed by atoms with E-state index >= 15 is 0 Å². The van der Waals surface area contributed by atoms with Crippen LogP contribution in [0.25, 0.3) is 21.8 Å². The number of benzene rings is 2. The summed E-state index contributed by atoms with van der Waals surface area (Å²) in [4.78, 5) is 9.16. The van der Waals surface area contributed by atoms with Crippen LogP contribution in [0.4, 0.5) is 5.82 Å². The third-order valence-electron chi connectivity index (χ3n) is 5.11. The van der Waals surface area contributed by atoms with Gasteiger partial charge in [0.15, 0.2) is 5.82 Å². The van der Waals surface area contributed by atoms with E-state index in [1.165, 1.54) is 16.7 Å². The topological polar surface area (TPSA) is 61.0 Å². The second kappa shape index (κ2) is 6.88. The molecule has 0 bridgehead atoms. The van der Waals surface area contributed by atoms with E-state index in [9.17, 15) is 0 Å². The number of methoxy groups -OCH3 is 1. The number of nitrogens with zero attached hydrogens (tertiary/aromatic N) is 2. The van der Waals surface area contributed by atoms with Crippen molar-refractivity contribution in [1.82, 2.24) is 9.97 Å². The van der Waals surface area contributed by atoms with Crippen LogP contribution in [0, 0.1) is 6.92 Å². The van der Waals surface area contributed by atoms with Crippen LogP contribution in [0.2, 0.25) is 0 Å². The van der Waals surface area contributed by atoms with Crippen LogP contribution in [0.5, 0.6) is 5.75 Å². The molecule has 4 heteroatoms. The Morgan fingerprint density at radius 2 is 1.81 bits per heavy atom. The maximum atomic E-state index is 6.16. The predicted molar refractivity (Wildman–Crippen MR) is 111 cm³/mol. The van der Waals surface area contributed by atoms with Gasteiger partial charge in [-0.2, -0.15) is 0 Å². The van der Waals surface area contributed by atoms with E-state index in [2.05, 4.69) is 60.2 Å². The molecule has 0 saturated carbocycles. The Hall–Kier alpha value is -3.14. The summed E-state index contributed by atoms with van der Waals surface area (Å²) in [7, 11) is 1.69. The third kappa shape index (κ3) is 3.31. The molecule has 2 aromatic heterocycles. The zero-order chi connectivity index (χ0) is 19.0. The number of anilines is 1. The van der Waals surface area contributed by atoms with Crippen LogP contribution in [0.1, 0.15) is 29.5 Å². The Kier molecular flexibility index (Phi) is 4.40. The van der Waals surface area contributed by atoms with Crippen LogP contribution in [-0.2, 0) is 6.42 Å². The van der Waals surface area contributed by atoms with Gasteiger partial charge in [0, 0.05) is 17.0 Å². The zero-order valence-electron chi connectivity index (χ0n) is 15.9. The first-order valence-electron chi connectivity index (χ1n) is 9.13. The average molecular weight is 357 g/mol. The minimum absolute atomic E-state index is 0.338. The van der Waals surface area contributed by atoms with Gasteiger partial charge < -0.3 is 10.5 Å². The van der Waals surface area contributed by atoms with Crippen molar-refractivity contribution in [2.24, 2.45) is 0 Å². The van der Waals surface area contributed by atoms with Crippen molar-refractivity contribution < 1.29 is 4.74 Å². The maximum Gasteiger partial charge on any atom is 0.150 e. The normalized spacial score (nSPS) is 12.4. The van der Waals surface area contributed by atoms with Crippen LogP contribution in [0.15, 0.2) is 54.7 Å². The number of nitrogens with two attached hydrogens (primary N) is 1. The molecule has 0 fully saturated rings. The maximum absolute atomic E-state index is 6.16. The number of aromatic nitrogens is 2. The SMILES string of the molecule is COc1ccc(CC(C)c2cnc3c(N)nc4cc(C)ccc4c3c2)cc1. The highest BCUT2D eigenvalue weighted by Crippen LogP contribution is 2.30. The van der Waals surface area contributed by atoms with E-state index in [1.807, 2.05) is 18.3 Å². The van der Waals surface area contributed by atoms with Crippen molar-refractivity contribution in [3.63, 3.8) is 0 Å². The Labute approximate surface area is 159 Å². The summed E-state index contributed by atoms with van der Waals surface area (Å²) in [6, 6.07) is 16.7. The van der Waals surface area contributed by atoms with Gasteiger partial charge >= 0.3 is 0 Å². The minimum Gasteiger partial charge on any atom is -0.497 e. The summed E-state index contributed by atoms with van der Waals surface area (Å²) in [6.07, 6.45) is 2.86. The number of aryl methyl sites for hydroxylation is 1. The van der Waals surface area contributed by atoms with E-state index in [0.717, 1.165) is 34.0 Å². The lowest BCUT2D eigenvalue weighted by Crippen LogP contribution is -2.01. The zero-order valence-corrected chi connectivity index (χ0v) is 15.9. The molecule has 4 aromatic rings. The predicted octanol–water partition coefficient (Wildman–Crippen LogP) is 5.03. The van der Waals surface area contributed by atoms with Gasteiger partial charge in [-0.3, -0.25) is 4.98 Å². The van der Waals surface area contributed by atoms with Gasteiger partial charge in [0.1, 0.15) is 11.3 Å². The highest BCUT2D eigenvalue weighted by atomic mass is 16.5. The molecular weight excluding hydrogens is 334 g/mol. The molecule has 0 aliphatic carbocycles. The fourth-order valence-electron chi connectivity index (χ4n) is 3.54. The lowest BCUT2D eigenvalue weighted by molar-refractivity contribution is 0.414. The van der Waals surface area contributed by atoms with E-state index in [0.29, 0.717) is 11.7 Å². The molecule has 0 aliphatic rings. The summed E-state index contributed by atoms with van der Waals surface area (Å²) in [5, 5.41) is 2.16. The second-order valence-electron chi connectivity index (χ2n) is 7.14. The molecular formula is C23H23N3O. The van der Waals surface area contributed by atoms with Crippen LogP contribution in [0.3, 0.4) is 0 Å². The molecule has 4 rings (SSSR count). The molecule has 27 heavy (non-hydrogen) atoms. The molecule has 1 atom stereocenters. The fraction of sp³-hybridized carbons (Fsp3) is 0.217. The standard InChI is InChI=1S/C23H23N3O/c1-14-4-9-19-20-12-17(13-25-22(20)23(24)26-21(19)10-14)15(2)11-16-5-7-18(27-3)8-6-16/h4-10,12-13,15H,11H2,1-3H3,(H2,24,26). The summed E-state index contributed by atoms with van der Waals surface area (Å²) in [5.41, 5.74) is 11.5. The number of fused-ring (bicyclic) bond motifs is 3. The van der Waals surface area contributed by atoms with E-state index < -0.39 is 0 Å². The lowest BCUT2D eigenvalue weighted by atomic mass is 9.93. The van der Waals surface area contributed by atoms with Crippen molar-refractivity contribution in [2.45, 2.75) is 26.2 Å². The van der Waals surface area contributed by atoms with E-state index in [1.54, 1.807) is 7.11 Å². The number of ether oxygens (including phenoxy) is 1. The van der Waals surface area contributed by atoms with Crippen molar-refractivity contribution in [3.8, 4) is 5.75 Å². The molecule has 0 aliphatic heterocycles. The van der Waals surface area contributed by atoms with Crippen LogP contribution >= 0.6 is 0 Å². The summed E-state index contributed by atoms with van der Waals surface area (Å²) >= 11 is 0. The largest absolute Gasteiger partial charge is 0.497 e. The van der Waals surface area contributed by atoms with Gasteiger partial charge in [-0.25, -0.2) is 4.98 Å². The summed E-state index contributed by atoms with van der Waals surface area (Å²) in [6.45, 7) is 4.29. The number of hydrogen-bond acceptors (Lipinski definition) is 4. The van der Waals surface area contributed by atoms with Crippen molar-refractivity contribution >= 4 is 27.6 Å². The van der Waals surface area contributed by atoms with Gasteiger partial charge in [-0.1, -0.05) is 31.2 Å². The number of hydrogen-bond donors (Lipinski definition) is 1. The lowest BCUT2D eigenvalue weighted by Gasteiger charge is -2.14. The molecule has 2 aromatic carbocycles. The number of rotatable bonds is 4. The molecule has 1 unspecified atom stereocenters. The summed E-state index contributed by atoms with van der Waals surface area (Å²) < 4.78 is 5.24. The number of nitrogen functional groups attached to an aromatic ring is 1. The molecule has 2 N–H and O–H groups in total. The second-order valence-corrected chi connectivity index (χ2v) is 7.14. The highest BCUT2D eigenvalue weighted by Gasteiger charge is 2.13. The van der Waals surface area contributed by atoms with E-state index in [4.69, 9.17) is 10.5 Å². The fourth-order valence-corrected chi connectivity index (χ4v) is 3.54. The molecule has 2 heterocycles. The monoisotopic (exact) mass is 357 g/mol. The van der Waals surface area contributed by atoms with Gasteiger partial charge in [0.2, 0.25) is 0 Å². The van der Waals surface area contributed by atoms with Gasteiger partial charge in [-0.05, 0) is 60.2 Å². The van der Waals surface area contributed by atoms with Gasteiger partial charge in [0.05, 0.1) is 12.6 Å². The third-order valence-corrected chi connectivity index (χ3v) is 5.11. The first kappa shape index (κ1) is 17.3. The Morgan fingerprint density at radius 1 is 1.04 bits per heavy atom. The van der Waals surface area contributed by atoms with Crippen molar-refractivity contribution in [3.05, 3.63) is 71.4 Å². The quantitative estimate of drug-likeness (QED) is 0.521. The van der Waals surface area contributed by atoms with Crippen LogP contribution < -0.4 is 10.5 Å².